The second-order valence-corrected chi connectivity index (χ2v) is 10.6. The topological polar surface area (TPSA) is 82.3 Å². The molecule has 0 spiro atoms. The molecule has 6 atom stereocenters. The number of aliphatic hydroxyl groups is 1. The average molecular weight is 431 g/mol. The zero-order valence-corrected chi connectivity index (χ0v) is 19.7. The van der Waals surface area contributed by atoms with E-state index in [-0.39, 0.29) is 41.6 Å². The van der Waals surface area contributed by atoms with Crippen molar-refractivity contribution in [2.45, 2.75) is 90.6 Å². The van der Waals surface area contributed by atoms with Crippen LogP contribution in [0.5, 0.6) is 0 Å². The molecule has 0 aromatic heterocycles. The number of rotatable bonds is 3. The SMILES string of the molecule is CC(=O)N1c2ccc(N3CC4CCC(C3)N4C(O)OC(C)(C)C)cc2C(N)C(C)C1C. The summed E-state index contributed by atoms with van der Waals surface area (Å²) in [6.45, 7) is 13.4. The summed E-state index contributed by atoms with van der Waals surface area (Å²) in [6.07, 6.45) is 1.24. The Morgan fingerprint density at radius 1 is 1.19 bits per heavy atom. The van der Waals surface area contributed by atoms with Crippen molar-refractivity contribution in [1.82, 2.24) is 4.90 Å². The molecule has 2 saturated heterocycles. The zero-order valence-electron chi connectivity index (χ0n) is 19.7. The van der Waals surface area contributed by atoms with Gasteiger partial charge in [0.25, 0.3) is 0 Å². The molecule has 6 unspecified atom stereocenters. The predicted molar refractivity (Wildman–Crippen MR) is 123 cm³/mol. The fourth-order valence-electron chi connectivity index (χ4n) is 5.60. The summed E-state index contributed by atoms with van der Waals surface area (Å²) in [5.74, 6) is 0.240. The van der Waals surface area contributed by atoms with Crippen molar-refractivity contribution in [3.8, 4) is 0 Å². The molecule has 3 N–H and O–H groups in total. The van der Waals surface area contributed by atoms with Crippen molar-refractivity contribution in [2.75, 3.05) is 22.9 Å². The smallest absolute Gasteiger partial charge is 0.224 e. The monoisotopic (exact) mass is 430 g/mol. The van der Waals surface area contributed by atoms with E-state index in [0.29, 0.717) is 0 Å². The van der Waals surface area contributed by atoms with Gasteiger partial charge in [-0.25, -0.2) is 4.90 Å². The number of amides is 1. The number of piperazine rings is 1. The Bertz CT molecular complexity index is 825. The molecule has 0 saturated carbocycles. The predicted octanol–water partition coefficient (Wildman–Crippen LogP) is 2.82. The number of fused-ring (bicyclic) bond motifs is 3. The quantitative estimate of drug-likeness (QED) is 0.718. The Hall–Kier alpha value is -1.67. The summed E-state index contributed by atoms with van der Waals surface area (Å²) in [4.78, 5) is 18.8. The Kier molecular flexibility index (Phi) is 5.83. The summed E-state index contributed by atoms with van der Waals surface area (Å²) in [5.41, 5.74) is 9.35. The molecule has 0 aliphatic carbocycles. The van der Waals surface area contributed by atoms with E-state index in [2.05, 4.69) is 41.8 Å². The number of carbonyl (C=O) groups is 1. The number of ether oxygens (including phenoxy) is 1. The Labute approximate surface area is 186 Å². The maximum absolute atomic E-state index is 12.3. The maximum atomic E-state index is 12.3. The van der Waals surface area contributed by atoms with Crippen LogP contribution >= 0.6 is 0 Å². The highest BCUT2D eigenvalue weighted by atomic mass is 16.6. The van der Waals surface area contributed by atoms with Crippen molar-refractivity contribution in [1.29, 1.82) is 0 Å². The van der Waals surface area contributed by atoms with E-state index in [1.165, 1.54) is 0 Å². The van der Waals surface area contributed by atoms with E-state index in [4.69, 9.17) is 10.5 Å². The third-order valence-corrected chi connectivity index (χ3v) is 7.32. The molecule has 4 rings (SSSR count). The molecule has 3 heterocycles. The lowest BCUT2D eigenvalue weighted by molar-refractivity contribution is -0.252. The van der Waals surface area contributed by atoms with Gasteiger partial charge in [0, 0.05) is 55.6 Å². The van der Waals surface area contributed by atoms with Crippen LogP contribution in [0.15, 0.2) is 18.2 Å². The number of benzene rings is 1. The number of nitrogens with zero attached hydrogens (tertiary/aromatic N) is 3. The third-order valence-electron chi connectivity index (χ3n) is 7.32. The summed E-state index contributed by atoms with van der Waals surface area (Å²) >= 11 is 0. The van der Waals surface area contributed by atoms with Gasteiger partial charge in [-0.15, -0.1) is 0 Å². The minimum absolute atomic E-state index is 0.0553. The Balaban J connectivity index is 1.57. The highest BCUT2D eigenvalue weighted by Gasteiger charge is 2.45. The molecule has 2 fully saturated rings. The first-order chi connectivity index (χ1) is 14.5. The van der Waals surface area contributed by atoms with Gasteiger partial charge in [0.15, 0.2) is 0 Å². The number of hydrogen-bond acceptors (Lipinski definition) is 6. The van der Waals surface area contributed by atoms with Crippen molar-refractivity contribution >= 4 is 17.3 Å². The maximum Gasteiger partial charge on any atom is 0.224 e. The van der Waals surface area contributed by atoms with Gasteiger partial charge in [-0.05, 0) is 70.2 Å². The van der Waals surface area contributed by atoms with Crippen LogP contribution in [0.25, 0.3) is 0 Å². The van der Waals surface area contributed by atoms with Crippen LogP contribution in [0.2, 0.25) is 0 Å². The van der Waals surface area contributed by atoms with E-state index in [1.54, 1.807) is 6.92 Å². The van der Waals surface area contributed by atoms with Gasteiger partial charge in [-0.3, -0.25) is 4.79 Å². The van der Waals surface area contributed by atoms with Crippen LogP contribution in [0.3, 0.4) is 0 Å². The molecule has 1 amide bonds. The highest BCUT2D eigenvalue weighted by Crippen LogP contribution is 2.42. The molecule has 7 nitrogen and oxygen atoms in total. The first-order valence-electron chi connectivity index (χ1n) is 11.6. The lowest BCUT2D eigenvalue weighted by Gasteiger charge is -2.46. The molecule has 172 valence electrons. The van der Waals surface area contributed by atoms with Crippen molar-refractivity contribution in [2.24, 2.45) is 11.7 Å². The minimum Gasteiger partial charge on any atom is -0.368 e. The molecule has 31 heavy (non-hydrogen) atoms. The zero-order chi connectivity index (χ0) is 22.7. The molecular weight excluding hydrogens is 392 g/mol. The van der Waals surface area contributed by atoms with Gasteiger partial charge in [0.2, 0.25) is 12.3 Å². The highest BCUT2D eigenvalue weighted by molar-refractivity contribution is 5.94. The largest absolute Gasteiger partial charge is 0.368 e. The second kappa shape index (κ2) is 8.03. The van der Waals surface area contributed by atoms with Crippen molar-refractivity contribution in [3.63, 3.8) is 0 Å². The lowest BCUT2D eigenvalue weighted by atomic mass is 9.83. The fraction of sp³-hybridized carbons (Fsp3) is 0.708. The standard InChI is InChI=1S/C24H38N4O3/c1-14-15(2)27(16(3)29)21-10-9-17(11-20(21)22(14)25)26-12-18-7-8-19(13-26)28(18)23(30)31-24(4,5)6/h9-11,14-15,18-19,22-23,30H,7-8,12-13,25H2,1-6H3. The number of hydrogen-bond donors (Lipinski definition) is 2. The van der Waals surface area contributed by atoms with Crippen LogP contribution in [-0.2, 0) is 9.53 Å². The van der Waals surface area contributed by atoms with E-state index >= 15 is 0 Å². The van der Waals surface area contributed by atoms with Crippen LogP contribution in [0, 0.1) is 5.92 Å². The molecule has 2 bridgehead atoms. The molecular formula is C24H38N4O3. The fourth-order valence-corrected chi connectivity index (χ4v) is 5.60. The van der Waals surface area contributed by atoms with Crippen LogP contribution in [-0.4, -0.2) is 59.1 Å². The summed E-state index contributed by atoms with van der Waals surface area (Å²) in [7, 11) is 0. The van der Waals surface area contributed by atoms with Crippen LogP contribution in [0.1, 0.15) is 66.0 Å². The van der Waals surface area contributed by atoms with Gasteiger partial charge < -0.3 is 25.4 Å². The van der Waals surface area contributed by atoms with E-state index in [1.807, 2.05) is 25.7 Å². The minimum atomic E-state index is -0.872. The average Bonchev–Trinajstić information content (AvgIpc) is 2.94. The molecule has 3 aliphatic rings. The number of anilines is 2. The summed E-state index contributed by atoms with van der Waals surface area (Å²) in [6, 6.07) is 6.84. The Morgan fingerprint density at radius 2 is 1.81 bits per heavy atom. The first kappa shape index (κ1) is 22.5. The normalized spacial score (nSPS) is 32.2. The third kappa shape index (κ3) is 4.09. The van der Waals surface area contributed by atoms with Gasteiger partial charge in [0.1, 0.15) is 0 Å². The molecule has 0 radical (unpaired) electrons. The summed E-state index contributed by atoms with van der Waals surface area (Å²) in [5, 5.41) is 10.7. The number of nitrogens with two attached hydrogens (primary N) is 1. The van der Waals surface area contributed by atoms with Gasteiger partial charge in [-0.2, -0.15) is 0 Å². The second-order valence-electron chi connectivity index (χ2n) is 10.6. The van der Waals surface area contributed by atoms with Crippen molar-refractivity contribution < 1.29 is 14.6 Å². The van der Waals surface area contributed by atoms with Crippen LogP contribution in [0.4, 0.5) is 11.4 Å². The lowest BCUT2D eigenvalue weighted by Crippen LogP contribution is -2.59. The molecule has 3 aliphatic heterocycles. The molecule has 7 heteroatoms. The van der Waals surface area contributed by atoms with Gasteiger partial charge in [0.05, 0.1) is 5.60 Å². The number of carbonyl (C=O) groups excluding carboxylic acids is 1. The van der Waals surface area contributed by atoms with Gasteiger partial charge in [-0.1, -0.05) is 6.92 Å². The first-order valence-corrected chi connectivity index (χ1v) is 11.6. The Morgan fingerprint density at radius 3 is 2.35 bits per heavy atom. The van der Waals surface area contributed by atoms with E-state index in [0.717, 1.165) is 42.9 Å². The van der Waals surface area contributed by atoms with E-state index in [9.17, 15) is 9.90 Å². The van der Waals surface area contributed by atoms with Crippen molar-refractivity contribution in [3.05, 3.63) is 23.8 Å². The van der Waals surface area contributed by atoms with Crippen LogP contribution < -0.4 is 15.5 Å². The number of aliphatic hydroxyl groups excluding tert-OH is 1. The van der Waals surface area contributed by atoms with Gasteiger partial charge >= 0.3 is 0 Å². The molecule has 1 aromatic rings. The van der Waals surface area contributed by atoms with E-state index < -0.39 is 6.41 Å². The molecule has 1 aromatic carbocycles. The summed E-state index contributed by atoms with van der Waals surface area (Å²) < 4.78 is 5.85.